The first-order valence-corrected chi connectivity index (χ1v) is 7.92. The van der Waals surface area contributed by atoms with Crippen molar-refractivity contribution in [2.24, 2.45) is 10.2 Å². The highest BCUT2D eigenvalue weighted by Crippen LogP contribution is 2.28. The first kappa shape index (κ1) is 16.4. The molecule has 5 nitrogen and oxygen atoms in total. The number of nitrogens with one attached hydrogen (secondary N) is 1. The van der Waals surface area contributed by atoms with E-state index in [4.69, 9.17) is 0 Å². The van der Waals surface area contributed by atoms with E-state index in [0.29, 0.717) is 11.4 Å². The van der Waals surface area contributed by atoms with Gasteiger partial charge in [-0.2, -0.15) is 5.11 Å². The fourth-order valence-corrected chi connectivity index (χ4v) is 2.28. The van der Waals surface area contributed by atoms with E-state index in [-0.39, 0.29) is 5.91 Å². The molecule has 0 atom stereocenters. The van der Waals surface area contributed by atoms with Crippen molar-refractivity contribution >= 4 is 28.7 Å². The molecule has 25 heavy (non-hydrogen) atoms. The number of azo groups is 1. The second kappa shape index (κ2) is 7.88. The van der Waals surface area contributed by atoms with Gasteiger partial charge in [0, 0.05) is 6.92 Å². The highest BCUT2D eigenvalue weighted by molar-refractivity contribution is 5.94. The number of rotatable bonds is 5. The molecule has 5 heteroatoms. The number of carbonyl (C=O) groups is 1. The zero-order chi connectivity index (χ0) is 17.5. The summed E-state index contributed by atoms with van der Waals surface area (Å²) in [6.07, 6.45) is 0. The Hall–Kier alpha value is -3.47. The zero-order valence-corrected chi connectivity index (χ0v) is 13.8. The van der Waals surface area contributed by atoms with E-state index in [0.717, 1.165) is 11.4 Å². The molecule has 3 aromatic rings. The quantitative estimate of drug-likeness (QED) is 0.497. The maximum atomic E-state index is 12.0. The van der Waals surface area contributed by atoms with Gasteiger partial charge in [0.25, 0.3) is 0 Å². The molecule has 0 bridgehead atoms. The Morgan fingerprint density at radius 1 is 0.800 bits per heavy atom. The third kappa shape index (κ3) is 4.29. The van der Waals surface area contributed by atoms with Crippen LogP contribution in [-0.4, -0.2) is 5.91 Å². The Labute approximate surface area is 146 Å². The zero-order valence-electron chi connectivity index (χ0n) is 13.8. The molecule has 3 aromatic carbocycles. The van der Waals surface area contributed by atoms with E-state index in [9.17, 15) is 4.79 Å². The van der Waals surface area contributed by atoms with Crippen molar-refractivity contribution in [1.82, 2.24) is 0 Å². The molecule has 1 amide bonds. The van der Waals surface area contributed by atoms with Crippen LogP contribution in [0.15, 0.2) is 95.2 Å². The maximum Gasteiger partial charge on any atom is 0.242 e. The normalized spacial score (nSPS) is 10.6. The molecule has 0 aliphatic rings. The molecule has 0 fully saturated rings. The minimum absolute atomic E-state index is 0.124. The fourth-order valence-electron chi connectivity index (χ4n) is 2.28. The number of anilines is 2. The first-order chi connectivity index (χ1) is 12.2. The molecule has 0 radical (unpaired) electrons. The lowest BCUT2D eigenvalue weighted by molar-refractivity contribution is -0.116. The summed E-state index contributed by atoms with van der Waals surface area (Å²) in [7, 11) is 0. The summed E-state index contributed by atoms with van der Waals surface area (Å²) in [5, 5.41) is 10.0. The highest BCUT2D eigenvalue weighted by Gasteiger charge is 2.12. The second-order valence-corrected chi connectivity index (χ2v) is 5.35. The largest absolute Gasteiger partial charge is 0.289 e. The lowest BCUT2D eigenvalue weighted by Crippen LogP contribution is -2.34. The van der Waals surface area contributed by atoms with Gasteiger partial charge in [0.15, 0.2) is 0 Å². The van der Waals surface area contributed by atoms with Crippen LogP contribution in [0.2, 0.25) is 0 Å². The Balaban J connectivity index is 1.87. The van der Waals surface area contributed by atoms with Gasteiger partial charge in [-0.3, -0.25) is 10.2 Å². The monoisotopic (exact) mass is 330 g/mol. The standard InChI is InChI=1S/C20H18N4O/c1-16(25)24(18-12-6-3-7-13-18)23-20-15-9-8-14-19(20)22-21-17-10-4-2-5-11-17/h2-15,23H,1H3. The van der Waals surface area contributed by atoms with Crippen LogP contribution >= 0.6 is 0 Å². The van der Waals surface area contributed by atoms with Crippen molar-refractivity contribution in [1.29, 1.82) is 0 Å². The van der Waals surface area contributed by atoms with Crippen LogP contribution in [0.4, 0.5) is 22.7 Å². The van der Waals surface area contributed by atoms with Crippen molar-refractivity contribution in [3.05, 3.63) is 84.9 Å². The molecule has 124 valence electrons. The number of hydrogen-bond donors (Lipinski definition) is 1. The van der Waals surface area contributed by atoms with E-state index in [1.165, 1.54) is 11.9 Å². The smallest absolute Gasteiger partial charge is 0.242 e. The summed E-state index contributed by atoms with van der Waals surface area (Å²) >= 11 is 0. The Bertz CT molecular complexity index is 863. The predicted molar refractivity (Wildman–Crippen MR) is 100 cm³/mol. The average molecular weight is 330 g/mol. The first-order valence-electron chi connectivity index (χ1n) is 7.92. The van der Waals surface area contributed by atoms with E-state index >= 15 is 0 Å². The fraction of sp³-hybridized carbons (Fsp3) is 0.0500. The van der Waals surface area contributed by atoms with Crippen LogP contribution in [0, 0.1) is 0 Å². The van der Waals surface area contributed by atoms with Crippen molar-refractivity contribution in [3.8, 4) is 0 Å². The van der Waals surface area contributed by atoms with Gasteiger partial charge in [-0.05, 0) is 36.4 Å². The molecule has 0 aliphatic carbocycles. The van der Waals surface area contributed by atoms with E-state index in [2.05, 4.69) is 15.7 Å². The molecular weight excluding hydrogens is 312 g/mol. The minimum Gasteiger partial charge on any atom is -0.289 e. The topological polar surface area (TPSA) is 57.1 Å². The summed E-state index contributed by atoms with van der Waals surface area (Å²) in [6, 6.07) is 26.4. The molecule has 0 saturated heterocycles. The highest BCUT2D eigenvalue weighted by atomic mass is 16.2. The van der Waals surface area contributed by atoms with Crippen LogP contribution in [0.5, 0.6) is 0 Å². The summed E-state index contributed by atoms with van der Waals surface area (Å²) in [6.45, 7) is 1.51. The SMILES string of the molecule is CC(=O)N(Nc1ccccc1N=Nc1ccccc1)c1ccccc1. The minimum atomic E-state index is -0.124. The summed E-state index contributed by atoms with van der Waals surface area (Å²) in [5.74, 6) is -0.124. The number of carbonyl (C=O) groups excluding carboxylic acids is 1. The number of hydrazine groups is 1. The molecular formula is C20H18N4O. The van der Waals surface area contributed by atoms with Gasteiger partial charge in [0.2, 0.25) is 5.91 Å². The molecule has 0 unspecified atom stereocenters. The molecule has 1 N–H and O–H groups in total. The van der Waals surface area contributed by atoms with Crippen LogP contribution < -0.4 is 10.4 Å². The van der Waals surface area contributed by atoms with Crippen LogP contribution in [0.25, 0.3) is 0 Å². The number of benzene rings is 3. The van der Waals surface area contributed by atoms with Gasteiger partial charge in [-0.1, -0.05) is 48.5 Å². The van der Waals surface area contributed by atoms with E-state index < -0.39 is 0 Å². The van der Waals surface area contributed by atoms with Gasteiger partial charge in [0.1, 0.15) is 5.69 Å². The van der Waals surface area contributed by atoms with Crippen molar-refractivity contribution in [3.63, 3.8) is 0 Å². The molecule has 0 aromatic heterocycles. The molecule has 0 heterocycles. The predicted octanol–water partition coefficient (Wildman–Crippen LogP) is 5.48. The van der Waals surface area contributed by atoms with Crippen molar-refractivity contribution in [2.75, 3.05) is 10.4 Å². The molecule has 3 rings (SSSR count). The van der Waals surface area contributed by atoms with Crippen molar-refractivity contribution in [2.45, 2.75) is 6.92 Å². The third-order valence-corrected chi connectivity index (χ3v) is 3.49. The summed E-state index contributed by atoms with van der Waals surface area (Å²) < 4.78 is 0. The van der Waals surface area contributed by atoms with Gasteiger partial charge in [-0.15, -0.1) is 5.11 Å². The van der Waals surface area contributed by atoms with E-state index in [1.807, 2.05) is 84.9 Å². The van der Waals surface area contributed by atoms with E-state index in [1.54, 1.807) is 0 Å². The Kier molecular flexibility index (Phi) is 5.16. The van der Waals surface area contributed by atoms with Crippen LogP contribution in [0.1, 0.15) is 6.92 Å². The number of para-hydroxylation sites is 2. The number of hydrogen-bond acceptors (Lipinski definition) is 4. The lowest BCUT2D eigenvalue weighted by Gasteiger charge is -2.23. The second-order valence-electron chi connectivity index (χ2n) is 5.35. The van der Waals surface area contributed by atoms with Gasteiger partial charge in [-0.25, -0.2) is 5.01 Å². The summed E-state index contributed by atoms with van der Waals surface area (Å²) in [5.41, 5.74) is 5.99. The van der Waals surface area contributed by atoms with Gasteiger partial charge >= 0.3 is 0 Å². The summed E-state index contributed by atoms with van der Waals surface area (Å²) in [4.78, 5) is 12.0. The molecule has 0 saturated carbocycles. The number of amides is 1. The molecule has 0 aliphatic heterocycles. The van der Waals surface area contributed by atoms with Crippen LogP contribution in [-0.2, 0) is 4.79 Å². The van der Waals surface area contributed by atoms with Gasteiger partial charge < -0.3 is 0 Å². The lowest BCUT2D eigenvalue weighted by atomic mass is 10.2. The third-order valence-electron chi connectivity index (χ3n) is 3.49. The average Bonchev–Trinajstić information content (AvgIpc) is 2.66. The maximum absolute atomic E-state index is 12.0. The van der Waals surface area contributed by atoms with Crippen LogP contribution in [0.3, 0.4) is 0 Å². The number of nitrogens with zero attached hydrogens (tertiary/aromatic N) is 3. The van der Waals surface area contributed by atoms with Crippen molar-refractivity contribution < 1.29 is 4.79 Å². The molecule has 0 spiro atoms. The van der Waals surface area contributed by atoms with Gasteiger partial charge in [0.05, 0.1) is 17.1 Å². The Morgan fingerprint density at radius 3 is 2.08 bits per heavy atom. The Morgan fingerprint density at radius 2 is 1.40 bits per heavy atom.